The van der Waals surface area contributed by atoms with Gasteiger partial charge in [-0.15, -0.1) is 0 Å². The molecule has 0 saturated carbocycles. The van der Waals surface area contributed by atoms with Gasteiger partial charge in [-0.1, -0.05) is 30.3 Å². The van der Waals surface area contributed by atoms with Gasteiger partial charge >= 0.3 is 0 Å². The molecule has 1 N–H and O–H groups in total. The molecule has 0 atom stereocenters. The minimum absolute atomic E-state index is 0.240. The molecule has 3 aromatic carbocycles. The van der Waals surface area contributed by atoms with Crippen LogP contribution in [0.25, 0.3) is 17.0 Å². The Balaban J connectivity index is 1.57. The monoisotopic (exact) mass is 441 g/mol. The van der Waals surface area contributed by atoms with Gasteiger partial charge in [-0.25, -0.2) is 0 Å². The van der Waals surface area contributed by atoms with Crippen LogP contribution in [-0.4, -0.2) is 25.9 Å². The van der Waals surface area contributed by atoms with Crippen LogP contribution < -0.4 is 14.8 Å². The molecule has 0 spiro atoms. The van der Waals surface area contributed by atoms with E-state index in [1.165, 1.54) is 20.3 Å². The van der Waals surface area contributed by atoms with Crippen LogP contribution in [-0.2, 0) is 4.79 Å². The summed E-state index contributed by atoms with van der Waals surface area (Å²) in [4.78, 5) is 25.4. The SMILES string of the molecule is COc1ccc(C(=O)c2oc3ccc(NC(=O)C=Cc4ccccc4)cc3c2C)cc1OC. The van der Waals surface area contributed by atoms with E-state index < -0.39 is 0 Å². The Morgan fingerprint density at radius 1 is 0.909 bits per heavy atom. The minimum Gasteiger partial charge on any atom is -0.493 e. The summed E-state index contributed by atoms with van der Waals surface area (Å²) in [6.45, 7) is 1.82. The van der Waals surface area contributed by atoms with Crippen molar-refractivity contribution in [3.63, 3.8) is 0 Å². The van der Waals surface area contributed by atoms with Gasteiger partial charge in [0.1, 0.15) is 5.58 Å². The topological polar surface area (TPSA) is 77.8 Å². The quantitative estimate of drug-likeness (QED) is 0.297. The number of benzene rings is 3. The lowest BCUT2D eigenvalue weighted by molar-refractivity contribution is -0.111. The number of ether oxygens (including phenoxy) is 2. The van der Waals surface area contributed by atoms with Crippen molar-refractivity contribution in [2.75, 3.05) is 19.5 Å². The number of amides is 1. The Morgan fingerprint density at radius 2 is 1.67 bits per heavy atom. The number of furan rings is 1. The maximum absolute atomic E-state index is 13.1. The number of rotatable bonds is 7. The second-order valence-electron chi connectivity index (χ2n) is 7.40. The van der Waals surface area contributed by atoms with Crippen molar-refractivity contribution in [1.29, 1.82) is 0 Å². The maximum atomic E-state index is 13.1. The van der Waals surface area contributed by atoms with Gasteiger partial charge in [0.2, 0.25) is 11.7 Å². The smallest absolute Gasteiger partial charge is 0.248 e. The number of hydrogen-bond acceptors (Lipinski definition) is 5. The fourth-order valence-electron chi connectivity index (χ4n) is 3.54. The Morgan fingerprint density at radius 3 is 2.39 bits per heavy atom. The van der Waals surface area contributed by atoms with E-state index in [1.807, 2.05) is 37.3 Å². The van der Waals surface area contributed by atoms with Crippen LogP contribution >= 0.6 is 0 Å². The van der Waals surface area contributed by atoms with Gasteiger partial charge in [-0.3, -0.25) is 9.59 Å². The van der Waals surface area contributed by atoms with E-state index >= 15 is 0 Å². The Kier molecular flexibility index (Phi) is 6.26. The number of carbonyl (C=O) groups is 2. The Bertz CT molecular complexity index is 1350. The molecule has 0 saturated heterocycles. The fourth-order valence-corrected chi connectivity index (χ4v) is 3.54. The van der Waals surface area contributed by atoms with Gasteiger partial charge in [0, 0.05) is 28.3 Å². The third-order valence-corrected chi connectivity index (χ3v) is 5.28. The Hall–Kier alpha value is -4.32. The molecule has 0 aliphatic carbocycles. The van der Waals surface area contributed by atoms with E-state index in [-0.39, 0.29) is 17.5 Å². The summed E-state index contributed by atoms with van der Waals surface area (Å²) in [6.07, 6.45) is 3.23. The van der Waals surface area contributed by atoms with Crippen molar-refractivity contribution < 1.29 is 23.5 Å². The second-order valence-corrected chi connectivity index (χ2v) is 7.40. The third kappa shape index (κ3) is 4.65. The first-order valence-electron chi connectivity index (χ1n) is 10.3. The standard InChI is InChI=1S/C27H23NO5/c1-17-21-16-20(28-25(29)14-9-18-7-5-4-6-8-18)11-13-22(21)33-27(17)26(30)19-10-12-23(31-2)24(15-19)32-3/h4-16H,1-3H3,(H,28,29). The molecule has 1 amide bonds. The van der Waals surface area contributed by atoms with Crippen LogP contribution in [0.3, 0.4) is 0 Å². The molecule has 4 rings (SSSR count). The highest BCUT2D eigenvalue weighted by atomic mass is 16.5. The summed E-state index contributed by atoms with van der Waals surface area (Å²) >= 11 is 0. The zero-order valence-corrected chi connectivity index (χ0v) is 18.5. The fraction of sp³-hybridized carbons (Fsp3) is 0.111. The Labute approximate surface area is 191 Å². The number of ketones is 1. The first kappa shape index (κ1) is 21.9. The summed E-state index contributed by atoms with van der Waals surface area (Å²) in [6, 6.07) is 19.8. The number of carbonyl (C=O) groups excluding carboxylic acids is 2. The van der Waals surface area contributed by atoms with Crippen LogP contribution in [0.4, 0.5) is 5.69 Å². The highest BCUT2D eigenvalue weighted by Gasteiger charge is 2.21. The van der Waals surface area contributed by atoms with Gasteiger partial charge in [-0.2, -0.15) is 0 Å². The van der Waals surface area contributed by atoms with Crippen LogP contribution in [0, 0.1) is 6.92 Å². The molecule has 4 aromatic rings. The van der Waals surface area contributed by atoms with Gasteiger partial charge in [0.25, 0.3) is 0 Å². The molecule has 0 aliphatic heterocycles. The summed E-state index contributed by atoms with van der Waals surface area (Å²) < 4.78 is 16.4. The number of fused-ring (bicyclic) bond motifs is 1. The summed E-state index contributed by atoms with van der Waals surface area (Å²) in [5.74, 6) is 0.731. The molecule has 1 heterocycles. The van der Waals surface area contributed by atoms with Crippen LogP contribution in [0.15, 0.2) is 77.2 Å². The largest absolute Gasteiger partial charge is 0.493 e. The zero-order valence-electron chi connectivity index (χ0n) is 18.5. The van der Waals surface area contributed by atoms with Crippen LogP contribution in [0.1, 0.15) is 27.2 Å². The van der Waals surface area contributed by atoms with Crippen molar-refractivity contribution >= 4 is 34.4 Å². The van der Waals surface area contributed by atoms with Crippen molar-refractivity contribution in [1.82, 2.24) is 0 Å². The molecular formula is C27H23NO5. The van der Waals surface area contributed by atoms with Crippen molar-refractivity contribution in [2.45, 2.75) is 6.92 Å². The predicted molar refractivity (Wildman–Crippen MR) is 128 cm³/mol. The van der Waals surface area contributed by atoms with Gasteiger partial charge in [0.05, 0.1) is 14.2 Å². The number of nitrogens with one attached hydrogen (secondary N) is 1. The molecule has 6 nitrogen and oxygen atoms in total. The molecule has 166 valence electrons. The second kappa shape index (κ2) is 9.44. The van der Waals surface area contributed by atoms with E-state index in [2.05, 4.69) is 5.32 Å². The van der Waals surface area contributed by atoms with Gasteiger partial charge in [0.15, 0.2) is 17.3 Å². The van der Waals surface area contributed by atoms with E-state index in [4.69, 9.17) is 13.9 Å². The molecule has 0 aliphatic rings. The lowest BCUT2D eigenvalue weighted by Crippen LogP contribution is -2.07. The van der Waals surface area contributed by atoms with E-state index in [0.29, 0.717) is 33.9 Å². The minimum atomic E-state index is -0.263. The molecular weight excluding hydrogens is 418 g/mol. The molecule has 1 aromatic heterocycles. The normalized spacial score (nSPS) is 11.0. The molecule has 0 unspecified atom stereocenters. The lowest BCUT2D eigenvalue weighted by Gasteiger charge is -2.08. The number of aryl methyl sites for hydroxylation is 1. The van der Waals surface area contributed by atoms with Crippen molar-refractivity contribution in [2.24, 2.45) is 0 Å². The number of methoxy groups -OCH3 is 2. The zero-order chi connectivity index (χ0) is 23.4. The van der Waals surface area contributed by atoms with Gasteiger partial charge < -0.3 is 19.2 Å². The molecule has 0 radical (unpaired) electrons. The van der Waals surface area contributed by atoms with Crippen LogP contribution in [0.5, 0.6) is 11.5 Å². The first-order valence-corrected chi connectivity index (χ1v) is 10.3. The summed E-state index contributed by atoms with van der Waals surface area (Å²) in [5.41, 5.74) is 3.23. The third-order valence-electron chi connectivity index (χ3n) is 5.28. The van der Waals surface area contributed by atoms with E-state index in [9.17, 15) is 9.59 Å². The molecule has 6 heteroatoms. The number of anilines is 1. The molecule has 0 bridgehead atoms. The first-order chi connectivity index (χ1) is 16.0. The van der Waals surface area contributed by atoms with Crippen molar-refractivity contribution in [3.05, 3.63) is 95.3 Å². The van der Waals surface area contributed by atoms with Crippen molar-refractivity contribution in [3.8, 4) is 11.5 Å². The van der Waals surface area contributed by atoms with Crippen LogP contribution in [0.2, 0.25) is 0 Å². The summed E-state index contributed by atoms with van der Waals surface area (Å²) in [5, 5.41) is 3.60. The van der Waals surface area contributed by atoms with E-state index in [1.54, 1.807) is 42.5 Å². The highest BCUT2D eigenvalue weighted by molar-refractivity contribution is 6.11. The average Bonchev–Trinajstić information content (AvgIpc) is 3.18. The number of hydrogen-bond donors (Lipinski definition) is 1. The molecule has 33 heavy (non-hydrogen) atoms. The average molecular weight is 441 g/mol. The maximum Gasteiger partial charge on any atom is 0.248 e. The van der Waals surface area contributed by atoms with Gasteiger partial charge in [-0.05, 0) is 55.0 Å². The highest BCUT2D eigenvalue weighted by Crippen LogP contribution is 2.32. The summed E-state index contributed by atoms with van der Waals surface area (Å²) in [7, 11) is 3.06. The lowest BCUT2D eigenvalue weighted by atomic mass is 10.0. The predicted octanol–water partition coefficient (Wildman–Crippen LogP) is 5.64. The molecule has 0 fully saturated rings. The van der Waals surface area contributed by atoms with E-state index in [0.717, 1.165) is 10.9 Å².